The second-order valence-electron chi connectivity index (χ2n) is 8.29. The molecule has 29 heavy (non-hydrogen) atoms. The van der Waals surface area contributed by atoms with Gasteiger partial charge >= 0.3 is 18.1 Å². The van der Waals surface area contributed by atoms with Crippen molar-refractivity contribution in [3.63, 3.8) is 0 Å². The molecule has 0 N–H and O–H groups in total. The minimum absolute atomic E-state index is 0.133. The molecule has 1 unspecified atom stereocenters. The standard InChI is InChI=1S/C22H28O7/c1-12(2)15-7-5-13(3)9-19(15)29-22(25)27-14-6-8-18-16(10-14)17(21(24)28-18)11-20(23)26-4/h6,8,10,12-13,15,17,19H,5,7,9,11H2,1-4H3/t13-,15+,17?,19-/m1/s1. The Morgan fingerprint density at radius 2 is 2.00 bits per heavy atom. The van der Waals surface area contributed by atoms with Gasteiger partial charge in [0, 0.05) is 5.56 Å². The molecule has 0 aromatic heterocycles. The molecule has 158 valence electrons. The summed E-state index contributed by atoms with van der Waals surface area (Å²) in [5.74, 6) is 0.0126. The molecular formula is C22H28O7. The highest BCUT2D eigenvalue weighted by Crippen LogP contribution is 2.40. The van der Waals surface area contributed by atoms with E-state index in [2.05, 4.69) is 25.5 Å². The molecule has 0 radical (unpaired) electrons. The van der Waals surface area contributed by atoms with Crippen LogP contribution in [0.4, 0.5) is 4.79 Å². The fraction of sp³-hybridized carbons (Fsp3) is 0.591. The van der Waals surface area contributed by atoms with Crippen molar-refractivity contribution in [1.29, 1.82) is 0 Å². The van der Waals surface area contributed by atoms with Gasteiger partial charge in [0.2, 0.25) is 0 Å². The molecule has 0 bridgehead atoms. The molecule has 3 rings (SSSR count). The molecular weight excluding hydrogens is 376 g/mol. The van der Waals surface area contributed by atoms with Crippen LogP contribution in [0.3, 0.4) is 0 Å². The van der Waals surface area contributed by atoms with Crippen LogP contribution in [-0.2, 0) is 19.1 Å². The summed E-state index contributed by atoms with van der Waals surface area (Å²) in [6.45, 7) is 6.44. The van der Waals surface area contributed by atoms with Gasteiger partial charge in [0.1, 0.15) is 17.6 Å². The number of rotatable bonds is 5. The summed E-state index contributed by atoms with van der Waals surface area (Å²) in [5, 5.41) is 0. The molecule has 7 nitrogen and oxygen atoms in total. The van der Waals surface area contributed by atoms with E-state index in [-0.39, 0.29) is 18.3 Å². The molecule has 0 spiro atoms. The number of carbonyl (C=O) groups excluding carboxylic acids is 3. The fourth-order valence-electron chi connectivity index (χ4n) is 4.20. The summed E-state index contributed by atoms with van der Waals surface area (Å²) in [6.07, 6.45) is 1.93. The van der Waals surface area contributed by atoms with Crippen molar-refractivity contribution in [3.8, 4) is 11.5 Å². The first-order valence-corrected chi connectivity index (χ1v) is 10.1. The van der Waals surface area contributed by atoms with Crippen molar-refractivity contribution >= 4 is 18.1 Å². The second kappa shape index (κ2) is 8.84. The molecule has 4 atom stereocenters. The number of esters is 2. The van der Waals surface area contributed by atoms with E-state index in [1.54, 1.807) is 12.1 Å². The summed E-state index contributed by atoms with van der Waals surface area (Å²) in [5.41, 5.74) is 0.497. The Hall–Kier alpha value is -2.57. The number of methoxy groups -OCH3 is 1. The highest BCUT2D eigenvalue weighted by atomic mass is 16.7. The van der Waals surface area contributed by atoms with E-state index in [0.29, 0.717) is 29.1 Å². The van der Waals surface area contributed by atoms with Gasteiger partial charge in [-0.15, -0.1) is 0 Å². The molecule has 1 aromatic rings. The maximum atomic E-state index is 12.4. The van der Waals surface area contributed by atoms with Crippen LogP contribution in [0.15, 0.2) is 18.2 Å². The lowest BCUT2D eigenvalue weighted by molar-refractivity contribution is -0.144. The third kappa shape index (κ3) is 4.89. The molecule has 0 saturated heterocycles. The van der Waals surface area contributed by atoms with Crippen LogP contribution in [0.2, 0.25) is 0 Å². The zero-order valence-corrected chi connectivity index (χ0v) is 17.3. The molecule has 7 heteroatoms. The maximum Gasteiger partial charge on any atom is 0.514 e. The summed E-state index contributed by atoms with van der Waals surface area (Å²) in [4.78, 5) is 36.0. The summed E-state index contributed by atoms with van der Waals surface area (Å²) in [7, 11) is 1.26. The quantitative estimate of drug-likeness (QED) is 0.412. The SMILES string of the molecule is COC(=O)CC1C(=O)Oc2ccc(OC(=O)O[C@@H]3C[C@H](C)CC[C@H]3C(C)C)cc21. The Kier molecular flexibility index (Phi) is 6.45. The van der Waals surface area contributed by atoms with Gasteiger partial charge in [-0.3, -0.25) is 9.59 Å². The largest absolute Gasteiger partial charge is 0.514 e. The third-order valence-corrected chi connectivity index (χ3v) is 5.86. The third-order valence-electron chi connectivity index (χ3n) is 5.86. The highest BCUT2D eigenvalue weighted by molar-refractivity contribution is 5.90. The normalized spacial score (nSPS) is 25.9. The molecule has 1 heterocycles. The minimum Gasteiger partial charge on any atom is -0.469 e. The molecule has 2 aliphatic rings. The van der Waals surface area contributed by atoms with Crippen LogP contribution in [0, 0.1) is 17.8 Å². The Labute approximate surface area is 170 Å². The van der Waals surface area contributed by atoms with Gasteiger partial charge in [-0.25, -0.2) is 4.79 Å². The van der Waals surface area contributed by atoms with Gasteiger partial charge in [0.05, 0.1) is 19.4 Å². The van der Waals surface area contributed by atoms with Crippen molar-refractivity contribution in [2.45, 2.75) is 58.5 Å². The number of fused-ring (bicyclic) bond motifs is 1. The van der Waals surface area contributed by atoms with Gasteiger partial charge < -0.3 is 18.9 Å². The molecule has 1 fully saturated rings. The highest BCUT2D eigenvalue weighted by Gasteiger charge is 2.36. The van der Waals surface area contributed by atoms with Crippen LogP contribution in [-0.4, -0.2) is 31.3 Å². The number of carbonyl (C=O) groups is 3. The van der Waals surface area contributed by atoms with Crippen LogP contribution in [0.25, 0.3) is 0 Å². The number of hydrogen-bond donors (Lipinski definition) is 0. The van der Waals surface area contributed by atoms with E-state index in [9.17, 15) is 14.4 Å². The van der Waals surface area contributed by atoms with E-state index in [0.717, 1.165) is 19.3 Å². The predicted molar refractivity (Wildman–Crippen MR) is 104 cm³/mol. The van der Waals surface area contributed by atoms with Crippen molar-refractivity contribution in [2.75, 3.05) is 7.11 Å². The fourth-order valence-corrected chi connectivity index (χ4v) is 4.20. The predicted octanol–water partition coefficient (Wildman–Crippen LogP) is 4.23. The summed E-state index contributed by atoms with van der Waals surface area (Å²) < 4.78 is 20.9. The van der Waals surface area contributed by atoms with Crippen molar-refractivity contribution in [3.05, 3.63) is 23.8 Å². The van der Waals surface area contributed by atoms with Gasteiger partial charge in [0.25, 0.3) is 0 Å². The summed E-state index contributed by atoms with van der Waals surface area (Å²) >= 11 is 0. The lowest BCUT2D eigenvalue weighted by Gasteiger charge is -2.36. The molecule has 0 amide bonds. The Balaban J connectivity index is 1.68. The van der Waals surface area contributed by atoms with E-state index >= 15 is 0 Å². The monoisotopic (exact) mass is 404 g/mol. The van der Waals surface area contributed by atoms with Crippen LogP contribution in [0.1, 0.15) is 57.9 Å². The van der Waals surface area contributed by atoms with E-state index in [1.807, 2.05) is 0 Å². The lowest BCUT2D eigenvalue weighted by atomic mass is 9.75. The lowest BCUT2D eigenvalue weighted by Crippen LogP contribution is -2.36. The van der Waals surface area contributed by atoms with Gasteiger partial charge in [0.15, 0.2) is 0 Å². The van der Waals surface area contributed by atoms with Gasteiger partial charge in [-0.1, -0.05) is 27.2 Å². The first-order chi connectivity index (χ1) is 13.8. The van der Waals surface area contributed by atoms with E-state index < -0.39 is 24.0 Å². The van der Waals surface area contributed by atoms with Crippen molar-refractivity contribution in [2.24, 2.45) is 17.8 Å². The van der Waals surface area contributed by atoms with Crippen LogP contribution in [0.5, 0.6) is 11.5 Å². The number of ether oxygens (including phenoxy) is 4. The van der Waals surface area contributed by atoms with Crippen molar-refractivity contribution in [1.82, 2.24) is 0 Å². The van der Waals surface area contributed by atoms with Crippen molar-refractivity contribution < 1.29 is 33.3 Å². The Bertz CT molecular complexity index is 785. The second-order valence-corrected chi connectivity index (χ2v) is 8.29. The average molecular weight is 404 g/mol. The Morgan fingerprint density at radius 3 is 2.69 bits per heavy atom. The average Bonchev–Trinajstić information content (AvgIpc) is 2.96. The first kappa shape index (κ1) is 21.1. The number of hydrogen-bond acceptors (Lipinski definition) is 7. The smallest absolute Gasteiger partial charge is 0.469 e. The van der Waals surface area contributed by atoms with E-state index in [1.165, 1.54) is 13.2 Å². The first-order valence-electron chi connectivity index (χ1n) is 10.1. The van der Waals surface area contributed by atoms with Gasteiger partial charge in [-0.2, -0.15) is 0 Å². The number of benzene rings is 1. The maximum absolute atomic E-state index is 12.4. The van der Waals surface area contributed by atoms with Crippen LogP contribution < -0.4 is 9.47 Å². The van der Waals surface area contributed by atoms with E-state index in [4.69, 9.17) is 14.2 Å². The Morgan fingerprint density at radius 1 is 1.24 bits per heavy atom. The zero-order valence-electron chi connectivity index (χ0n) is 17.3. The zero-order chi connectivity index (χ0) is 21.1. The topological polar surface area (TPSA) is 88.1 Å². The summed E-state index contributed by atoms with van der Waals surface area (Å²) in [6, 6.07) is 4.63. The molecule has 1 aliphatic heterocycles. The van der Waals surface area contributed by atoms with Gasteiger partial charge in [-0.05, 0) is 48.8 Å². The molecule has 1 aliphatic carbocycles. The molecule has 1 aromatic carbocycles. The van der Waals surface area contributed by atoms with Crippen LogP contribution >= 0.6 is 0 Å². The molecule has 1 saturated carbocycles. The minimum atomic E-state index is -0.776.